The van der Waals surface area contributed by atoms with E-state index in [1.54, 1.807) is 7.11 Å². The summed E-state index contributed by atoms with van der Waals surface area (Å²) >= 11 is 0. The Labute approximate surface area is 138 Å². The summed E-state index contributed by atoms with van der Waals surface area (Å²) in [6.45, 7) is 4.64. The minimum Gasteiger partial charge on any atom is -0.496 e. The fraction of sp³-hybridized carbons (Fsp3) is 0.350. The van der Waals surface area contributed by atoms with Crippen LogP contribution in [-0.2, 0) is 6.42 Å². The van der Waals surface area contributed by atoms with Crippen molar-refractivity contribution in [3.05, 3.63) is 59.2 Å². The van der Waals surface area contributed by atoms with Crippen LogP contribution in [0.1, 0.15) is 36.0 Å². The van der Waals surface area contributed by atoms with Crippen molar-refractivity contribution in [1.82, 2.24) is 0 Å². The van der Waals surface area contributed by atoms with Gasteiger partial charge in [-0.1, -0.05) is 36.8 Å². The zero-order valence-corrected chi connectivity index (χ0v) is 14.0. The smallest absolute Gasteiger partial charge is 0.123 e. The molecule has 0 bridgehead atoms. The van der Waals surface area contributed by atoms with Gasteiger partial charge in [0.25, 0.3) is 0 Å². The van der Waals surface area contributed by atoms with E-state index in [0.717, 1.165) is 29.0 Å². The molecule has 3 nitrogen and oxygen atoms in total. The van der Waals surface area contributed by atoms with Crippen LogP contribution in [0.3, 0.4) is 0 Å². The van der Waals surface area contributed by atoms with E-state index < -0.39 is 0 Å². The summed E-state index contributed by atoms with van der Waals surface area (Å²) in [5.74, 6) is 1.38. The predicted octanol–water partition coefficient (Wildman–Crippen LogP) is 4.64. The van der Waals surface area contributed by atoms with Gasteiger partial charge in [-0.15, -0.1) is 0 Å². The molecule has 1 atom stereocenters. The molecule has 0 aliphatic carbocycles. The Morgan fingerprint density at radius 2 is 2.00 bits per heavy atom. The quantitative estimate of drug-likeness (QED) is 0.748. The third-order valence-corrected chi connectivity index (χ3v) is 3.90. The van der Waals surface area contributed by atoms with Crippen LogP contribution >= 0.6 is 0 Å². The van der Waals surface area contributed by atoms with Gasteiger partial charge in [-0.3, -0.25) is 0 Å². The number of aryl methyl sites for hydroxylation is 2. The maximum Gasteiger partial charge on any atom is 0.123 e. The molecule has 0 fully saturated rings. The van der Waals surface area contributed by atoms with Crippen molar-refractivity contribution in [2.75, 3.05) is 13.7 Å². The normalized spacial score (nSPS) is 11.6. The minimum absolute atomic E-state index is 0.237. The van der Waals surface area contributed by atoms with E-state index in [2.05, 4.69) is 25.1 Å². The van der Waals surface area contributed by atoms with Crippen molar-refractivity contribution >= 4 is 0 Å². The third kappa shape index (κ3) is 4.50. The molecule has 0 aliphatic rings. The molecular weight excluding hydrogens is 286 g/mol. The summed E-state index contributed by atoms with van der Waals surface area (Å²) in [4.78, 5) is 0. The molecule has 0 saturated carbocycles. The highest BCUT2D eigenvalue weighted by atomic mass is 16.5. The standard InChI is InChI=1S/C20H23NO2/c1-4-16-6-5-7-18(13-16)23-11-10-17(14-21)19-12-15(2)8-9-20(19)22-3/h5-9,12-13,17H,4,10-11H2,1-3H3. The van der Waals surface area contributed by atoms with Gasteiger partial charge in [-0.25, -0.2) is 0 Å². The number of nitrogens with zero attached hydrogens (tertiary/aromatic N) is 1. The van der Waals surface area contributed by atoms with Crippen LogP contribution < -0.4 is 9.47 Å². The predicted molar refractivity (Wildman–Crippen MR) is 92.0 cm³/mol. The Morgan fingerprint density at radius 1 is 1.17 bits per heavy atom. The summed E-state index contributed by atoms with van der Waals surface area (Å²) in [5.41, 5.74) is 3.30. The minimum atomic E-state index is -0.237. The SMILES string of the molecule is CCc1cccc(OCCC(C#N)c2cc(C)ccc2OC)c1. The summed E-state index contributed by atoms with van der Waals surface area (Å²) in [5, 5.41) is 9.51. The number of rotatable bonds is 7. The average molecular weight is 309 g/mol. The second-order valence-electron chi connectivity index (χ2n) is 5.57. The van der Waals surface area contributed by atoms with Gasteiger partial charge in [-0.2, -0.15) is 5.26 Å². The van der Waals surface area contributed by atoms with Crippen molar-refractivity contribution in [3.63, 3.8) is 0 Å². The Balaban J connectivity index is 2.03. The first-order chi connectivity index (χ1) is 11.2. The average Bonchev–Trinajstić information content (AvgIpc) is 2.59. The monoisotopic (exact) mass is 309 g/mol. The number of benzene rings is 2. The van der Waals surface area contributed by atoms with Crippen LogP contribution in [0.2, 0.25) is 0 Å². The number of methoxy groups -OCH3 is 1. The molecule has 0 amide bonds. The summed E-state index contributed by atoms with van der Waals surface area (Å²) in [6, 6.07) is 16.4. The topological polar surface area (TPSA) is 42.2 Å². The summed E-state index contributed by atoms with van der Waals surface area (Å²) in [7, 11) is 1.63. The van der Waals surface area contributed by atoms with E-state index in [9.17, 15) is 5.26 Å². The maximum atomic E-state index is 9.51. The van der Waals surface area contributed by atoms with Gasteiger partial charge in [0.05, 0.1) is 25.7 Å². The largest absolute Gasteiger partial charge is 0.496 e. The molecule has 0 aliphatic heterocycles. The van der Waals surface area contributed by atoms with E-state index in [0.29, 0.717) is 13.0 Å². The molecule has 0 radical (unpaired) electrons. The van der Waals surface area contributed by atoms with Crippen LogP contribution in [0.5, 0.6) is 11.5 Å². The molecule has 2 aromatic rings. The van der Waals surface area contributed by atoms with E-state index in [4.69, 9.17) is 9.47 Å². The van der Waals surface area contributed by atoms with Crippen LogP contribution in [0, 0.1) is 18.3 Å². The fourth-order valence-electron chi connectivity index (χ4n) is 2.57. The van der Waals surface area contributed by atoms with Gasteiger partial charge >= 0.3 is 0 Å². The zero-order chi connectivity index (χ0) is 16.7. The molecule has 2 rings (SSSR count). The number of ether oxygens (including phenoxy) is 2. The molecular formula is C20H23NO2. The van der Waals surface area contributed by atoms with Gasteiger partial charge in [0.2, 0.25) is 0 Å². The lowest BCUT2D eigenvalue weighted by molar-refractivity contribution is 0.304. The van der Waals surface area contributed by atoms with Crippen LogP contribution in [0.25, 0.3) is 0 Å². The lowest BCUT2D eigenvalue weighted by Gasteiger charge is -2.15. The van der Waals surface area contributed by atoms with E-state index >= 15 is 0 Å². The van der Waals surface area contributed by atoms with Gasteiger partial charge < -0.3 is 9.47 Å². The Bertz CT molecular complexity index is 688. The van der Waals surface area contributed by atoms with Gasteiger partial charge in [0, 0.05) is 12.0 Å². The van der Waals surface area contributed by atoms with Crippen LogP contribution in [-0.4, -0.2) is 13.7 Å². The highest BCUT2D eigenvalue weighted by Crippen LogP contribution is 2.29. The van der Waals surface area contributed by atoms with E-state index in [1.165, 1.54) is 5.56 Å². The first-order valence-corrected chi connectivity index (χ1v) is 7.93. The lowest BCUT2D eigenvalue weighted by atomic mass is 9.95. The number of hydrogen-bond acceptors (Lipinski definition) is 3. The van der Waals surface area contributed by atoms with Crippen molar-refractivity contribution in [3.8, 4) is 17.6 Å². The fourth-order valence-corrected chi connectivity index (χ4v) is 2.57. The maximum absolute atomic E-state index is 9.51. The van der Waals surface area contributed by atoms with Crippen LogP contribution in [0.4, 0.5) is 0 Å². The Hall–Kier alpha value is -2.47. The highest BCUT2D eigenvalue weighted by molar-refractivity contribution is 5.41. The molecule has 0 heterocycles. The summed E-state index contributed by atoms with van der Waals surface area (Å²) < 4.78 is 11.2. The van der Waals surface area contributed by atoms with Crippen LogP contribution in [0.15, 0.2) is 42.5 Å². The molecule has 0 N–H and O–H groups in total. The van der Waals surface area contributed by atoms with Crippen molar-refractivity contribution < 1.29 is 9.47 Å². The van der Waals surface area contributed by atoms with Gasteiger partial charge in [0.1, 0.15) is 11.5 Å². The number of nitriles is 1. The summed E-state index contributed by atoms with van der Waals surface area (Å²) in [6.07, 6.45) is 1.62. The molecule has 23 heavy (non-hydrogen) atoms. The van der Waals surface area contributed by atoms with Gasteiger partial charge in [0.15, 0.2) is 0 Å². The Kier molecular flexibility index (Phi) is 6.05. The van der Waals surface area contributed by atoms with Crippen molar-refractivity contribution in [2.24, 2.45) is 0 Å². The zero-order valence-electron chi connectivity index (χ0n) is 14.0. The molecule has 0 saturated heterocycles. The Morgan fingerprint density at radius 3 is 2.70 bits per heavy atom. The highest BCUT2D eigenvalue weighted by Gasteiger charge is 2.16. The van der Waals surface area contributed by atoms with Crippen molar-refractivity contribution in [1.29, 1.82) is 5.26 Å². The van der Waals surface area contributed by atoms with E-state index in [1.807, 2.05) is 37.3 Å². The van der Waals surface area contributed by atoms with Gasteiger partial charge in [-0.05, 0) is 37.1 Å². The lowest BCUT2D eigenvalue weighted by Crippen LogP contribution is -2.06. The molecule has 0 aromatic heterocycles. The second-order valence-corrected chi connectivity index (χ2v) is 5.57. The van der Waals surface area contributed by atoms with Crippen molar-refractivity contribution in [2.45, 2.75) is 32.6 Å². The molecule has 3 heteroatoms. The molecule has 120 valence electrons. The first-order valence-electron chi connectivity index (χ1n) is 7.93. The number of hydrogen-bond donors (Lipinski definition) is 0. The third-order valence-electron chi connectivity index (χ3n) is 3.90. The first kappa shape index (κ1) is 16.9. The molecule has 1 unspecified atom stereocenters. The van der Waals surface area contributed by atoms with E-state index in [-0.39, 0.29) is 5.92 Å². The second kappa shape index (κ2) is 8.24. The molecule has 0 spiro atoms. The molecule has 2 aromatic carbocycles.